The van der Waals surface area contributed by atoms with E-state index in [4.69, 9.17) is 4.74 Å². The van der Waals surface area contributed by atoms with Crippen LogP contribution in [0.5, 0.6) is 0 Å². The highest BCUT2D eigenvalue weighted by atomic mass is 16.5. The van der Waals surface area contributed by atoms with Crippen molar-refractivity contribution in [2.45, 2.75) is 58.3 Å². The van der Waals surface area contributed by atoms with Gasteiger partial charge in [0.15, 0.2) is 0 Å². The first-order valence-corrected chi connectivity index (χ1v) is 5.32. The van der Waals surface area contributed by atoms with E-state index < -0.39 is 0 Å². The summed E-state index contributed by atoms with van der Waals surface area (Å²) in [4.78, 5) is 0. The van der Waals surface area contributed by atoms with E-state index in [0.717, 1.165) is 12.8 Å². The molecule has 2 aliphatic heterocycles. The molecule has 2 aliphatic rings. The summed E-state index contributed by atoms with van der Waals surface area (Å²) < 4.78 is 5.74. The highest BCUT2D eigenvalue weighted by Gasteiger charge is 2.46. The topological polar surface area (TPSA) is 29.5 Å². The van der Waals surface area contributed by atoms with Crippen LogP contribution >= 0.6 is 0 Å². The lowest BCUT2D eigenvalue weighted by atomic mass is 9.75. The third-order valence-electron chi connectivity index (χ3n) is 3.45. The Kier molecular flexibility index (Phi) is 2.16. The van der Waals surface area contributed by atoms with Gasteiger partial charge in [-0.25, -0.2) is 0 Å². The third-order valence-corrected chi connectivity index (χ3v) is 3.45. The zero-order chi connectivity index (χ0) is 9.64. The molecular weight excluding hydrogens is 164 g/mol. The standard InChI is InChI=1S/C11H20O2/c1-11(2,3)10(12)8-6-7-4-5-9(8)13-7/h7-10,12H,4-6H2,1-3H3. The minimum Gasteiger partial charge on any atom is -0.392 e. The summed E-state index contributed by atoms with van der Waals surface area (Å²) in [6.07, 6.45) is 4.03. The highest BCUT2D eigenvalue weighted by molar-refractivity contribution is 4.95. The van der Waals surface area contributed by atoms with Crippen LogP contribution in [0.2, 0.25) is 0 Å². The molecule has 2 saturated heterocycles. The van der Waals surface area contributed by atoms with Crippen molar-refractivity contribution in [2.24, 2.45) is 11.3 Å². The van der Waals surface area contributed by atoms with E-state index in [-0.39, 0.29) is 11.5 Å². The monoisotopic (exact) mass is 184 g/mol. The Hall–Kier alpha value is -0.0800. The van der Waals surface area contributed by atoms with E-state index in [1.54, 1.807) is 0 Å². The van der Waals surface area contributed by atoms with Crippen LogP contribution in [0.3, 0.4) is 0 Å². The van der Waals surface area contributed by atoms with Crippen LogP contribution in [0.1, 0.15) is 40.0 Å². The predicted octanol–water partition coefficient (Wildman–Crippen LogP) is 1.96. The maximum absolute atomic E-state index is 10.1. The Bertz CT molecular complexity index is 195. The quantitative estimate of drug-likeness (QED) is 0.675. The van der Waals surface area contributed by atoms with Crippen LogP contribution in [0.15, 0.2) is 0 Å². The number of hydrogen-bond acceptors (Lipinski definition) is 2. The van der Waals surface area contributed by atoms with Gasteiger partial charge in [-0.3, -0.25) is 0 Å². The molecule has 0 aromatic heterocycles. The molecule has 0 radical (unpaired) electrons. The van der Waals surface area contributed by atoms with Crippen LogP contribution in [0.25, 0.3) is 0 Å². The van der Waals surface area contributed by atoms with Crippen molar-refractivity contribution in [1.82, 2.24) is 0 Å². The van der Waals surface area contributed by atoms with E-state index in [1.165, 1.54) is 6.42 Å². The maximum Gasteiger partial charge on any atom is 0.0642 e. The van der Waals surface area contributed by atoms with Gasteiger partial charge >= 0.3 is 0 Å². The number of aliphatic hydroxyl groups excluding tert-OH is 1. The van der Waals surface area contributed by atoms with E-state index >= 15 is 0 Å². The van der Waals surface area contributed by atoms with Crippen molar-refractivity contribution < 1.29 is 9.84 Å². The van der Waals surface area contributed by atoms with Crippen molar-refractivity contribution in [3.8, 4) is 0 Å². The maximum atomic E-state index is 10.1. The number of fused-ring (bicyclic) bond motifs is 2. The third kappa shape index (κ3) is 1.62. The molecule has 0 aromatic carbocycles. The minimum absolute atomic E-state index is 0.00148. The van der Waals surface area contributed by atoms with Crippen molar-refractivity contribution in [1.29, 1.82) is 0 Å². The fourth-order valence-electron chi connectivity index (χ4n) is 2.65. The Morgan fingerprint density at radius 3 is 2.38 bits per heavy atom. The molecule has 2 fully saturated rings. The van der Waals surface area contributed by atoms with Gasteiger partial charge in [-0.05, 0) is 24.7 Å². The van der Waals surface area contributed by atoms with Crippen LogP contribution < -0.4 is 0 Å². The molecule has 2 heterocycles. The molecule has 0 aromatic rings. The van der Waals surface area contributed by atoms with E-state index in [0.29, 0.717) is 18.1 Å². The Labute approximate surface area is 80.3 Å². The van der Waals surface area contributed by atoms with E-state index in [9.17, 15) is 5.11 Å². The minimum atomic E-state index is -0.206. The smallest absolute Gasteiger partial charge is 0.0642 e. The SMILES string of the molecule is CC(C)(C)C(O)C1CC2CCC1O2. The molecule has 4 unspecified atom stereocenters. The zero-order valence-corrected chi connectivity index (χ0v) is 8.79. The molecule has 2 nitrogen and oxygen atoms in total. The highest BCUT2D eigenvalue weighted by Crippen LogP contribution is 2.43. The molecule has 2 rings (SSSR count). The number of hydrogen-bond donors (Lipinski definition) is 1. The van der Waals surface area contributed by atoms with Crippen LogP contribution in [-0.2, 0) is 4.74 Å². The van der Waals surface area contributed by atoms with Gasteiger partial charge in [-0.2, -0.15) is 0 Å². The Morgan fingerprint density at radius 1 is 1.31 bits per heavy atom. The number of rotatable bonds is 1. The van der Waals surface area contributed by atoms with E-state index in [1.807, 2.05) is 0 Å². The van der Waals surface area contributed by atoms with Gasteiger partial charge in [-0.15, -0.1) is 0 Å². The van der Waals surface area contributed by atoms with Gasteiger partial charge in [0, 0.05) is 5.92 Å². The largest absolute Gasteiger partial charge is 0.392 e. The van der Waals surface area contributed by atoms with Crippen LogP contribution in [-0.4, -0.2) is 23.4 Å². The number of ether oxygens (including phenoxy) is 1. The average molecular weight is 184 g/mol. The summed E-state index contributed by atoms with van der Waals surface area (Å²) in [5.41, 5.74) is -0.00148. The first kappa shape index (κ1) is 9.47. The molecule has 2 heteroatoms. The zero-order valence-electron chi connectivity index (χ0n) is 8.79. The van der Waals surface area contributed by atoms with Crippen LogP contribution in [0, 0.1) is 11.3 Å². The molecule has 0 spiro atoms. The molecule has 0 aliphatic carbocycles. The van der Waals surface area contributed by atoms with Gasteiger partial charge < -0.3 is 9.84 Å². The second kappa shape index (κ2) is 2.96. The molecule has 13 heavy (non-hydrogen) atoms. The molecule has 0 saturated carbocycles. The molecule has 4 atom stereocenters. The van der Waals surface area contributed by atoms with Crippen molar-refractivity contribution in [3.05, 3.63) is 0 Å². The normalized spacial score (nSPS) is 41.1. The average Bonchev–Trinajstić information content (AvgIpc) is 2.60. The summed E-state index contributed by atoms with van der Waals surface area (Å²) in [7, 11) is 0. The van der Waals surface area contributed by atoms with E-state index in [2.05, 4.69) is 20.8 Å². The lowest BCUT2D eigenvalue weighted by Gasteiger charge is -2.33. The van der Waals surface area contributed by atoms with Crippen molar-refractivity contribution >= 4 is 0 Å². The molecular formula is C11H20O2. The lowest BCUT2D eigenvalue weighted by Crippen LogP contribution is -2.38. The molecule has 76 valence electrons. The number of aliphatic hydroxyl groups is 1. The van der Waals surface area contributed by atoms with Crippen LogP contribution in [0.4, 0.5) is 0 Å². The predicted molar refractivity (Wildman–Crippen MR) is 51.5 cm³/mol. The summed E-state index contributed by atoms with van der Waals surface area (Å²) >= 11 is 0. The second-order valence-electron chi connectivity index (χ2n) is 5.58. The molecule has 2 bridgehead atoms. The van der Waals surface area contributed by atoms with Crippen molar-refractivity contribution in [2.75, 3.05) is 0 Å². The summed E-state index contributed by atoms with van der Waals surface area (Å²) in [5, 5.41) is 10.1. The molecule has 0 amide bonds. The van der Waals surface area contributed by atoms with Gasteiger partial charge in [0.05, 0.1) is 18.3 Å². The fourth-order valence-corrected chi connectivity index (χ4v) is 2.65. The molecule has 1 N–H and O–H groups in total. The van der Waals surface area contributed by atoms with Gasteiger partial charge in [-0.1, -0.05) is 20.8 Å². The second-order valence-corrected chi connectivity index (χ2v) is 5.58. The van der Waals surface area contributed by atoms with Crippen molar-refractivity contribution in [3.63, 3.8) is 0 Å². The van der Waals surface area contributed by atoms with Gasteiger partial charge in [0.25, 0.3) is 0 Å². The first-order valence-electron chi connectivity index (χ1n) is 5.32. The summed E-state index contributed by atoms with van der Waals surface area (Å²) in [6.45, 7) is 6.30. The summed E-state index contributed by atoms with van der Waals surface area (Å²) in [6, 6.07) is 0. The summed E-state index contributed by atoms with van der Waals surface area (Å²) in [5.74, 6) is 0.388. The van der Waals surface area contributed by atoms with Gasteiger partial charge in [0.2, 0.25) is 0 Å². The Balaban J connectivity index is 2.02. The van der Waals surface area contributed by atoms with Gasteiger partial charge in [0.1, 0.15) is 0 Å². The fraction of sp³-hybridized carbons (Fsp3) is 1.00. The lowest BCUT2D eigenvalue weighted by molar-refractivity contribution is -0.0174. The first-order chi connectivity index (χ1) is 5.98. The Morgan fingerprint density at radius 2 is 2.00 bits per heavy atom.